The van der Waals surface area contributed by atoms with Crippen molar-refractivity contribution in [3.63, 3.8) is 0 Å². The number of anilines is 2. The molecule has 2 atom stereocenters. The summed E-state index contributed by atoms with van der Waals surface area (Å²) in [4.78, 5) is 23.2. The highest BCUT2D eigenvalue weighted by atomic mass is 32.2. The van der Waals surface area contributed by atoms with Crippen LogP contribution in [0.25, 0.3) is 0 Å². The minimum atomic E-state index is -2.96. The standard InChI is InChI=1S/C19H29N5O3S/c25-19(23-16-7-9-28(26,27)12-16)6-3-14-2-1-8-24(11-14)18-10-17(20-13-21-18)22-15-4-5-15/h10,13-16H,1-9,11-12H2,(H,23,25)(H,20,21,22)/t14-,16-/m1/s1. The second kappa shape index (κ2) is 8.23. The van der Waals surface area contributed by atoms with Crippen molar-refractivity contribution in [2.24, 2.45) is 5.92 Å². The molecule has 0 unspecified atom stereocenters. The highest BCUT2D eigenvalue weighted by molar-refractivity contribution is 7.91. The zero-order valence-electron chi connectivity index (χ0n) is 16.1. The maximum Gasteiger partial charge on any atom is 0.220 e. The Morgan fingerprint density at radius 3 is 2.79 bits per heavy atom. The molecule has 0 radical (unpaired) electrons. The van der Waals surface area contributed by atoms with E-state index in [1.807, 2.05) is 6.07 Å². The van der Waals surface area contributed by atoms with E-state index in [0.717, 1.165) is 44.0 Å². The lowest BCUT2D eigenvalue weighted by Crippen LogP contribution is -2.38. The van der Waals surface area contributed by atoms with Gasteiger partial charge >= 0.3 is 0 Å². The molecule has 1 amide bonds. The van der Waals surface area contributed by atoms with Crippen molar-refractivity contribution in [3.8, 4) is 0 Å². The smallest absolute Gasteiger partial charge is 0.220 e. The van der Waals surface area contributed by atoms with Gasteiger partial charge in [0.2, 0.25) is 5.91 Å². The fourth-order valence-electron chi connectivity index (χ4n) is 4.09. The van der Waals surface area contributed by atoms with Crippen LogP contribution in [-0.2, 0) is 14.6 Å². The van der Waals surface area contributed by atoms with Gasteiger partial charge in [-0.2, -0.15) is 0 Å². The van der Waals surface area contributed by atoms with E-state index in [0.29, 0.717) is 24.8 Å². The van der Waals surface area contributed by atoms with E-state index in [4.69, 9.17) is 0 Å². The third-order valence-electron chi connectivity index (χ3n) is 5.80. The Labute approximate surface area is 166 Å². The minimum Gasteiger partial charge on any atom is -0.367 e. The Morgan fingerprint density at radius 1 is 1.18 bits per heavy atom. The molecule has 3 heterocycles. The average Bonchev–Trinajstić information content (AvgIpc) is 3.42. The topological polar surface area (TPSA) is 104 Å². The van der Waals surface area contributed by atoms with Gasteiger partial charge in [-0.25, -0.2) is 18.4 Å². The fourth-order valence-corrected chi connectivity index (χ4v) is 5.76. The summed E-state index contributed by atoms with van der Waals surface area (Å²) in [6.45, 7) is 1.87. The molecule has 1 aromatic rings. The lowest BCUT2D eigenvalue weighted by Gasteiger charge is -2.33. The van der Waals surface area contributed by atoms with Gasteiger partial charge in [0, 0.05) is 37.7 Å². The summed E-state index contributed by atoms with van der Waals surface area (Å²) < 4.78 is 23.0. The SMILES string of the molecule is O=C(CC[C@H]1CCCN(c2cc(NC3CC3)ncn2)C1)N[C@@H]1CCS(=O)(=O)C1. The Kier molecular flexibility index (Phi) is 5.70. The first-order valence-electron chi connectivity index (χ1n) is 10.3. The van der Waals surface area contributed by atoms with Crippen LogP contribution >= 0.6 is 0 Å². The predicted molar refractivity (Wildman–Crippen MR) is 108 cm³/mol. The molecule has 154 valence electrons. The maximum atomic E-state index is 12.2. The summed E-state index contributed by atoms with van der Waals surface area (Å²) in [5.41, 5.74) is 0. The minimum absolute atomic E-state index is 0.0304. The lowest BCUT2D eigenvalue weighted by atomic mass is 9.93. The summed E-state index contributed by atoms with van der Waals surface area (Å²) in [7, 11) is -2.96. The number of carbonyl (C=O) groups excluding carboxylic acids is 1. The van der Waals surface area contributed by atoms with Gasteiger partial charge in [-0.15, -0.1) is 0 Å². The fraction of sp³-hybridized carbons (Fsp3) is 0.737. The molecule has 4 rings (SSSR count). The van der Waals surface area contributed by atoms with Gasteiger partial charge in [0.15, 0.2) is 9.84 Å². The lowest BCUT2D eigenvalue weighted by molar-refractivity contribution is -0.121. The first kappa shape index (κ1) is 19.4. The number of amides is 1. The van der Waals surface area contributed by atoms with E-state index in [1.54, 1.807) is 6.33 Å². The van der Waals surface area contributed by atoms with E-state index in [9.17, 15) is 13.2 Å². The highest BCUT2D eigenvalue weighted by Gasteiger charge is 2.29. The van der Waals surface area contributed by atoms with Crippen molar-refractivity contribution in [3.05, 3.63) is 12.4 Å². The number of hydrogen-bond donors (Lipinski definition) is 2. The van der Waals surface area contributed by atoms with Crippen LogP contribution in [0.4, 0.5) is 11.6 Å². The number of rotatable bonds is 7. The van der Waals surface area contributed by atoms with Crippen LogP contribution in [0.5, 0.6) is 0 Å². The molecule has 0 bridgehead atoms. The number of sulfone groups is 1. The van der Waals surface area contributed by atoms with Crippen LogP contribution in [0.1, 0.15) is 44.9 Å². The van der Waals surface area contributed by atoms with E-state index in [1.165, 1.54) is 12.8 Å². The molecule has 8 nitrogen and oxygen atoms in total. The number of nitrogens with one attached hydrogen (secondary N) is 2. The second-order valence-corrected chi connectivity index (χ2v) is 10.6. The number of carbonyl (C=O) groups is 1. The van der Waals surface area contributed by atoms with Gasteiger partial charge in [-0.1, -0.05) is 0 Å². The highest BCUT2D eigenvalue weighted by Crippen LogP contribution is 2.28. The summed E-state index contributed by atoms with van der Waals surface area (Å²) in [6.07, 6.45) is 8.04. The molecule has 1 aromatic heterocycles. The van der Waals surface area contributed by atoms with Crippen LogP contribution in [0, 0.1) is 5.92 Å². The second-order valence-electron chi connectivity index (χ2n) is 8.34. The molecule has 0 spiro atoms. The van der Waals surface area contributed by atoms with Crippen molar-refractivity contribution in [2.45, 2.75) is 57.0 Å². The molecule has 3 aliphatic rings. The Balaban J connectivity index is 1.25. The van der Waals surface area contributed by atoms with Crippen molar-refractivity contribution < 1.29 is 13.2 Å². The summed E-state index contributed by atoms with van der Waals surface area (Å²) in [5, 5.41) is 6.30. The monoisotopic (exact) mass is 407 g/mol. The molecule has 2 aliphatic heterocycles. The Bertz CT molecular complexity index is 812. The quantitative estimate of drug-likeness (QED) is 0.703. The number of nitrogens with zero attached hydrogens (tertiary/aromatic N) is 3. The number of piperidine rings is 1. The molecular weight excluding hydrogens is 378 g/mol. The third kappa shape index (κ3) is 5.33. The predicted octanol–water partition coefficient (Wildman–Crippen LogP) is 1.35. The van der Waals surface area contributed by atoms with E-state index < -0.39 is 9.84 Å². The van der Waals surface area contributed by atoms with E-state index in [2.05, 4.69) is 25.5 Å². The molecule has 2 N–H and O–H groups in total. The zero-order chi connectivity index (χ0) is 19.6. The Hall–Kier alpha value is -1.90. The largest absolute Gasteiger partial charge is 0.367 e. The van der Waals surface area contributed by atoms with Crippen LogP contribution in [0.3, 0.4) is 0 Å². The maximum absolute atomic E-state index is 12.2. The number of hydrogen-bond acceptors (Lipinski definition) is 7. The molecule has 2 saturated heterocycles. The van der Waals surface area contributed by atoms with Gasteiger partial charge in [0.1, 0.15) is 18.0 Å². The zero-order valence-corrected chi connectivity index (χ0v) is 17.0. The van der Waals surface area contributed by atoms with E-state index in [-0.39, 0.29) is 23.5 Å². The third-order valence-corrected chi connectivity index (χ3v) is 7.57. The van der Waals surface area contributed by atoms with Crippen LogP contribution in [0.2, 0.25) is 0 Å². The molecule has 28 heavy (non-hydrogen) atoms. The normalized spacial score (nSPS) is 26.8. The first-order valence-corrected chi connectivity index (χ1v) is 12.1. The van der Waals surface area contributed by atoms with Gasteiger partial charge in [0.25, 0.3) is 0 Å². The summed E-state index contributed by atoms with van der Waals surface area (Å²) in [6, 6.07) is 2.37. The van der Waals surface area contributed by atoms with Crippen molar-refractivity contribution in [2.75, 3.05) is 34.8 Å². The molecule has 3 fully saturated rings. The van der Waals surface area contributed by atoms with Gasteiger partial charge in [0.05, 0.1) is 11.5 Å². The van der Waals surface area contributed by atoms with E-state index >= 15 is 0 Å². The molecule has 1 aliphatic carbocycles. The van der Waals surface area contributed by atoms with Crippen LogP contribution < -0.4 is 15.5 Å². The van der Waals surface area contributed by atoms with Crippen LogP contribution in [-0.4, -0.2) is 61.0 Å². The summed E-state index contributed by atoms with van der Waals surface area (Å²) in [5.74, 6) is 2.52. The first-order chi connectivity index (χ1) is 13.5. The molecule has 1 saturated carbocycles. The van der Waals surface area contributed by atoms with Crippen LogP contribution in [0.15, 0.2) is 12.4 Å². The molecule has 9 heteroatoms. The average molecular weight is 408 g/mol. The van der Waals surface area contributed by atoms with Gasteiger partial charge in [-0.3, -0.25) is 4.79 Å². The van der Waals surface area contributed by atoms with Crippen molar-refractivity contribution in [1.82, 2.24) is 15.3 Å². The molecule has 0 aromatic carbocycles. The number of aromatic nitrogens is 2. The Morgan fingerprint density at radius 2 is 2.04 bits per heavy atom. The van der Waals surface area contributed by atoms with Gasteiger partial charge in [-0.05, 0) is 44.4 Å². The van der Waals surface area contributed by atoms with Crippen molar-refractivity contribution >= 4 is 27.4 Å². The van der Waals surface area contributed by atoms with Crippen molar-refractivity contribution in [1.29, 1.82) is 0 Å². The van der Waals surface area contributed by atoms with Gasteiger partial charge < -0.3 is 15.5 Å². The molecular formula is C19H29N5O3S. The summed E-state index contributed by atoms with van der Waals surface area (Å²) >= 11 is 0.